The van der Waals surface area contributed by atoms with Gasteiger partial charge in [0.2, 0.25) is 0 Å². The van der Waals surface area contributed by atoms with Gasteiger partial charge in [0.1, 0.15) is 11.6 Å². The second-order valence-corrected chi connectivity index (χ2v) is 4.75. The molecule has 0 saturated heterocycles. The average Bonchev–Trinajstić information content (AvgIpc) is 2.88. The van der Waals surface area contributed by atoms with Crippen LogP contribution in [0.3, 0.4) is 0 Å². The number of hydrogen-bond donors (Lipinski definition) is 2. The predicted octanol–water partition coefficient (Wildman–Crippen LogP) is 4.19. The highest BCUT2D eigenvalue weighted by atomic mass is 19.1. The van der Waals surface area contributed by atoms with Gasteiger partial charge in [0.15, 0.2) is 0 Å². The lowest BCUT2D eigenvalue weighted by molar-refractivity contribution is 0.629. The van der Waals surface area contributed by atoms with E-state index in [9.17, 15) is 4.39 Å². The highest BCUT2D eigenvalue weighted by molar-refractivity contribution is 5.95. The largest absolute Gasteiger partial charge is 0.370 e. The Balaban J connectivity index is 1.94. The van der Waals surface area contributed by atoms with E-state index in [1.165, 1.54) is 12.1 Å². The number of benzene rings is 1. The van der Waals surface area contributed by atoms with Crippen LogP contribution < -0.4 is 5.32 Å². The van der Waals surface area contributed by atoms with Crippen molar-refractivity contribution in [1.29, 1.82) is 0 Å². The zero-order valence-corrected chi connectivity index (χ0v) is 11.3. The van der Waals surface area contributed by atoms with Crippen LogP contribution in [0.15, 0.2) is 42.7 Å². The summed E-state index contributed by atoms with van der Waals surface area (Å²) in [6.07, 6.45) is 4.79. The third-order valence-electron chi connectivity index (χ3n) is 3.27. The van der Waals surface area contributed by atoms with Crippen molar-refractivity contribution in [2.24, 2.45) is 0 Å². The molecule has 2 heterocycles. The summed E-state index contributed by atoms with van der Waals surface area (Å²) < 4.78 is 13.2. The van der Waals surface area contributed by atoms with E-state index in [0.29, 0.717) is 0 Å². The Bertz CT molecular complexity index is 716. The molecule has 0 bridgehead atoms. The summed E-state index contributed by atoms with van der Waals surface area (Å²) in [5, 5.41) is 4.25. The zero-order valence-electron chi connectivity index (χ0n) is 11.3. The molecule has 1 aromatic carbocycles. The highest BCUT2D eigenvalue weighted by Gasteiger charge is 2.07. The molecule has 3 rings (SSSR count). The second-order valence-electron chi connectivity index (χ2n) is 4.75. The van der Waals surface area contributed by atoms with E-state index in [-0.39, 0.29) is 5.82 Å². The molecule has 0 fully saturated rings. The Kier molecular flexibility index (Phi) is 3.37. The zero-order chi connectivity index (χ0) is 13.9. The van der Waals surface area contributed by atoms with E-state index in [1.807, 2.05) is 24.5 Å². The SMILES string of the molecule is CCCNc1ccc(-c2c[nH]c3cc(F)ccc23)cn1. The first-order valence-corrected chi connectivity index (χ1v) is 6.75. The van der Waals surface area contributed by atoms with Gasteiger partial charge in [-0.05, 0) is 36.8 Å². The number of rotatable bonds is 4. The molecule has 0 spiro atoms. The molecule has 0 aliphatic heterocycles. The van der Waals surface area contributed by atoms with Crippen LogP contribution in [0.1, 0.15) is 13.3 Å². The van der Waals surface area contributed by atoms with Crippen LogP contribution in [0.5, 0.6) is 0 Å². The smallest absolute Gasteiger partial charge is 0.125 e. The number of aromatic amines is 1. The lowest BCUT2D eigenvalue weighted by Gasteiger charge is -2.04. The van der Waals surface area contributed by atoms with Crippen LogP contribution in [0, 0.1) is 5.82 Å². The van der Waals surface area contributed by atoms with Crippen LogP contribution in [0.25, 0.3) is 22.0 Å². The Hall–Kier alpha value is -2.36. The number of aromatic nitrogens is 2. The fourth-order valence-electron chi connectivity index (χ4n) is 2.25. The third kappa shape index (κ3) is 2.37. The fraction of sp³-hybridized carbons (Fsp3) is 0.188. The van der Waals surface area contributed by atoms with E-state index in [0.717, 1.165) is 40.8 Å². The van der Waals surface area contributed by atoms with Gasteiger partial charge in [0, 0.05) is 41.0 Å². The second kappa shape index (κ2) is 5.33. The molecule has 0 radical (unpaired) electrons. The quantitative estimate of drug-likeness (QED) is 0.745. The molecule has 4 heteroatoms. The van der Waals surface area contributed by atoms with Gasteiger partial charge in [-0.25, -0.2) is 9.37 Å². The van der Waals surface area contributed by atoms with Crippen molar-refractivity contribution in [3.05, 3.63) is 48.5 Å². The maximum atomic E-state index is 13.2. The normalized spacial score (nSPS) is 10.9. The number of halogens is 1. The van der Waals surface area contributed by atoms with Gasteiger partial charge in [0.05, 0.1) is 0 Å². The van der Waals surface area contributed by atoms with Crippen LogP contribution in [0.4, 0.5) is 10.2 Å². The summed E-state index contributed by atoms with van der Waals surface area (Å²) in [7, 11) is 0. The molecule has 2 aromatic heterocycles. The molecule has 0 aliphatic rings. The van der Waals surface area contributed by atoms with E-state index < -0.39 is 0 Å². The van der Waals surface area contributed by atoms with Crippen molar-refractivity contribution in [3.8, 4) is 11.1 Å². The van der Waals surface area contributed by atoms with Crippen LogP contribution >= 0.6 is 0 Å². The summed E-state index contributed by atoms with van der Waals surface area (Å²) in [5.74, 6) is 0.643. The summed E-state index contributed by atoms with van der Waals surface area (Å²) in [6.45, 7) is 3.03. The molecule has 0 aliphatic carbocycles. The number of nitrogens with one attached hydrogen (secondary N) is 2. The van der Waals surface area contributed by atoms with Gasteiger partial charge >= 0.3 is 0 Å². The molecule has 0 unspecified atom stereocenters. The van der Waals surface area contributed by atoms with E-state index in [4.69, 9.17) is 0 Å². The molecule has 0 saturated carbocycles. The van der Waals surface area contributed by atoms with Crippen molar-refractivity contribution in [1.82, 2.24) is 9.97 Å². The maximum Gasteiger partial charge on any atom is 0.125 e. The van der Waals surface area contributed by atoms with Gasteiger partial charge in [-0.2, -0.15) is 0 Å². The molecule has 3 aromatic rings. The van der Waals surface area contributed by atoms with Crippen molar-refractivity contribution in [3.63, 3.8) is 0 Å². The molecule has 0 amide bonds. The van der Waals surface area contributed by atoms with Crippen molar-refractivity contribution >= 4 is 16.7 Å². The van der Waals surface area contributed by atoms with Crippen LogP contribution in [-0.4, -0.2) is 16.5 Å². The number of pyridine rings is 1. The van der Waals surface area contributed by atoms with Gasteiger partial charge in [-0.1, -0.05) is 6.92 Å². The molecule has 0 atom stereocenters. The lowest BCUT2D eigenvalue weighted by atomic mass is 10.1. The first-order chi connectivity index (χ1) is 9.78. The third-order valence-corrected chi connectivity index (χ3v) is 3.27. The minimum atomic E-state index is -0.233. The van der Waals surface area contributed by atoms with Crippen LogP contribution in [-0.2, 0) is 0 Å². The topological polar surface area (TPSA) is 40.7 Å². The lowest BCUT2D eigenvalue weighted by Crippen LogP contribution is -2.01. The maximum absolute atomic E-state index is 13.2. The predicted molar refractivity (Wildman–Crippen MR) is 80.3 cm³/mol. The van der Waals surface area contributed by atoms with Gasteiger partial charge in [-0.3, -0.25) is 0 Å². The number of fused-ring (bicyclic) bond motifs is 1. The van der Waals surface area contributed by atoms with Crippen molar-refractivity contribution < 1.29 is 4.39 Å². The van der Waals surface area contributed by atoms with Crippen molar-refractivity contribution in [2.75, 3.05) is 11.9 Å². The number of H-pyrrole nitrogens is 1. The van der Waals surface area contributed by atoms with E-state index in [2.05, 4.69) is 22.2 Å². The fourth-order valence-corrected chi connectivity index (χ4v) is 2.25. The van der Waals surface area contributed by atoms with Crippen LogP contribution in [0.2, 0.25) is 0 Å². The molecule has 3 nitrogen and oxygen atoms in total. The van der Waals surface area contributed by atoms with E-state index >= 15 is 0 Å². The minimum Gasteiger partial charge on any atom is -0.370 e. The summed E-state index contributed by atoms with van der Waals surface area (Å²) in [6, 6.07) is 8.76. The molecule has 20 heavy (non-hydrogen) atoms. The highest BCUT2D eigenvalue weighted by Crippen LogP contribution is 2.28. The minimum absolute atomic E-state index is 0.233. The molecule has 102 valence electrons. The Labute approximate surface area is 116 Å². The first kappa shape index (κ1) is 12.7. The number of nitrogens with zero attached hydrogens (tertiary/aromatic N) is 1. The monoisotopic (exact) mass is 269 g/mol. The van der Waals surface area contributed by atoms with Gasteiger partial charge in [-0.15, -0.1) is 0 Å². The van der Waals surface area contributed by atoms with E-state index in [1.54, 1.807) is 6.07 Å². The average molecular weight is 269 g/mol. The molecular weight excluding hydrogens is 253 g/mol. The Morgan fingerprint density at radius 1 is 1.25 bits per heavy atom. The Morgan fingerprint density at radius 3 is 2.90 bits per heavy atom. The number of anilines is 1. The number of hydrogen-bond acceptors (Lipinski definition) is 2. The molecule has 2 N–H and O–H groups in total. The molecular formula is C16H16FN3. The Morgan fingerprint density at radius 2 is 2.15 bits per heavy atom. The van der Waals surface area contributed by atoms with Gasteiger partial charge in [0.25, 0.3) is 0 Å². The van der Waals surface area contributed by atoms with Gasteiger partial charge < -0.3 is 10.3 Å². The summed E-state index contributed by atoms with van der Waals surface area (Å²) in [4.78, 5) is 7.49. The van der Waals surface area contributed by atoms with Crippen molar-refractivity contribution in [2.45, 2.75) is 13.3 Å². The summed E-state index contributed by atoms with van der Waals surface area (Å²) >= 11 is 0. The first-order valence-electron chi connectivity index (χ1n) is 6.75. The summed E-state index contributed by atoms with van der Waals surface area (Å²) in [5.41, 5.74) is 2.85. The standard InChI is InChI=1S/C16H16FN3/c1-2-7-18-16-6-3-11(9-20-16)14-10-19-15-8-12(17)4-5-13(14)15/h3-6,8-10,19H,2,7H2,1H3,(H,18,20).